The molecule has 4 rings (SSSR count). The Bertz CT molecular complexity index is 1170. The molecule has 0 aliphatic carbocycles. The molecule has 14 heteroatoms. The van der Waals surface area contributed by atoms with Crippen LogP contribution in [0, 0.1) is 5.82 Å². The smallest absolute Gasteiger partial charge is 0.333 e. The first-order valence-electron chi connectivity index (χ1n) is 9.12. The Kier molecular flexibility index (Phi) is 5.83. The second-order valence-corrected chi connectivity index (χ2v) is 8.13. The average molecular weight is 454 g/mol. The highest BCUT2D eigenvalue weighted by molar-refractivity contribution is 7.83. The molecule has 31 heavy (non-hydrogen) atoms. The van der Waals surface area contributed by atoms with E-state index in [1.165, 1.54) is 29.4 Å². The van der Waals surface area contributed by atoms with E-state index in [-0.39, 0.29) is 5.82 Å². The maximum Gasteiger partial charge on any atom is 0.333 e. The van der Waals surface area contributed by atoms with Gasteiger partial charge in [0.1, 0.15) is 30.5 Å². The number of hydrogen-bond donors (Lipinski definition) is 5. The van der Waals surface area contributed by atoms with Crippen molar-refractivity contribution in [1.82, 2.24) is 24.2 Å². The van der Waals surface area contributed by atoms with E-state index in [0.717, 1.165) is 5.56 Å². The molecule has 3 heterocycles. The number of rotatable bonds is 7. The number of benzene rings is 1. The third kappa shape index (κ3) is 4.63. The minimum absolute atomic E-state index is 0.302. The molecule has 0 saturated carbocycles. The van der Waals surface area contributed by atoms with E-state index in [1.807, 2.05) is 4.72 Å². The summed E-state index contributed by atoms with van der Waals surface area (Å²) in [6.07, 6.45) is -2.42. The second-order valence-electron chi connectivity index (χ2n) is 6.90. The van der Waals surface area contributed by atoms with Crippen LogP contribution in [0.25, 0.3) is 11.2 Å². The van der Waals surface area contributed by atoms with Crippen molar-refractivity contribution >= 4 is 27.3 Å². The fraction of sp³-hybridized carbons (Fsp3) is 0.353. The monoisotopic (exact) mass is 454 g/mol. The number of imidazole rings is 1. The molecule has 0 unspecified atom stereocenters. The van der Waals surface area contributed by atoms with Crippen LogP contribution in [-0.4, -0.2) is 67.6 Å². The third-order valence-corrected chi connectivity index (χ3v) is 5.34. The zero-order chi connectivity index (χ0) is 22.2. The topological polar surface area (TPSA) is 172 Å². The Labute approximate surface area is 175 Å². The molecule has 0 amide bonds. The summed E-state index contributed by atoms with van der Waals surface area (Å²) < 4.78 is 52.4. The number of hydrogen-bond acceptors (Lipinski definition) is 9. The Balaban J connectivity index is 1.54. The molecule has 1 aromatic carbocycles. The van der Waals surface area contributed by atoms with Crippen molar-refractivity contribution in [1.29, 1.82) is 0 Å². The third-order valence-electron chi connectivity index (χ3n) is 4.81. The molecule has 0 bridgehead atoms. The lowest BCUT2D eigenvalue weighted by molar-refractivity contribution is -0.0331. The van der Waals surface area contributed by atoms with Gasteiger partial charge < -0.3 is 20.3 Å². The highest BCUT2D eigenvalue weighted by Crippen LogP contribution is 2.32. The van der Waals surface area contributed by atoms with Crippen LogP contribution in [0.1, 0.15) is 11.8 Å². The Morgan fingerprint density at radius 1 is 1.13 bits per heavy atom. The van der Waals surface area contributed by atoms with Gasteiger partial charge in [-0.3, -0.25) is 9.12 Å². The Morgan fingerprint density at radius 2 is 1.87 bits per heavy atom. The lowest BCUT2D eigenvalue weighted by Gasteiger charge is -2.16. The molecule has 4 atom stereocenters. The first-order chi connectivity index (χ1) is 14.7. The van der Waals surface area contributed by atoms with Gasteiger partial charge >= 0.3 is 10.3 Å². The van der Waals surface area contributed by atoms with Crippen molar-refractivity contribution in [2.45, 2.75) is 31.1 Å². The molecule has 1 aliphatic heterocycles. The van der Waals surface area contributed by atoms with Crippen LogP contribution in [0.15, 0.2) is 36.9 Å². The van der Waals surface area contributed by atoms with Gasteiger partial charge in [0.25, 0.3) is 0 Å². The van der Waals surface area contributed by atoms with Crippen molar-refractivity contribution in [2.75, 3.05) is 11.9 Å². The molecule has 12 nitrogen and oxygen atoms in total. The normalized spacial score (nSPS) is 24.0. The molecule has 166 valence electrons. The van der Waals surface area contributed by atoms with E-state index >= 15 is 0 Å². The van der Waals surface area contributed by atoms with E-state index in [2.05, 4.69) is 20.3 Å². The van der Waals surface area contributed by atoms with Crippen molar-refractivity contribution in [2.24, 2.45) is 0 Å². The van der Waals surface area contributed by atoms with E-state index in [4.69, 9.17) is 9.29 Å². The maximum atomic E-state index is 13.1. The SMILES string of the molecule is O=S(=O)(O)NC[C@H]1O[C@@H](n2cnc3c(NCc4ccc(F)cc4)ncnc32)[C@H](O)[C@@H]1O. The van der Waals surface area contributed by atoms with Gasteiger partial charge in [0.2, 0.25) is 0 Å². The highest BCUT2D eigenvalue weighted by atomic mass is 32.2. The van der Waals surface area contributed by atoms with Crippen LogP contribution in [0.4, 0.5) is 10.2 Å². The number of anilines is 1. The summed E-state index contributed by atoms with van der Waals surface area (Å²) in [7, 11) is -4.49. The van der Waals surface area contributed by atoms with E-state index in [1.54, 1.807) is 12.1 Å². The fourth-order valence-electron chi connectivity index (χ4n) is 3.27. The molecule has 5 N–H and O–H groups in total. The first kappa shape index (κ1) is 21.5. The second kappa shape index (κ2) is 8.41. The van der Waals surface area contributed by atoms with Gasteiger partial charge in [-0.05, 0) is 17.7 Å². The summed E-state index contributed by atoms with van der Waals surface area (Å²) in [6, 6.07) is 5.95. The van der Waals surface area contributed by atoms with Crippen LogP contribution in [0.3, 0.4) is 0 Å². The molecule has 2 aromatic heterocycles. The Morgan fingerprint density at radius 3 is 2.58 bits per heavy atom. The van der Waals surface area contributed by atoms with Gasteiger partial charge in [0.05, 0.1) is 6.33 Å². The van der Waals surface area contributed by atoms with E-state index < -0.39 is 41.4 Å². The number of fused-ring (bicyclic) bond motifs is 1. The van der Waals surface area contributed by atoms with Crippen molar-refractivity contribution < 1.29 is 32.3 Å². The maximum absolute atomic E-state index is 13.1. The van der Waals surface area contributed by atoms with Gasteiger partial charge in [0, 0.05) is 13.1 Å². The van der Waals surface area contributed by atoms with Gasteiger partial charge in [-0.2, -0.15) is 13.1 Å². The summed E-state index contributed by atoms with van der Waals surface area (Å²) in [5.74, 6) is 0.0556. The molecule has 1 aliphatic rings. The number of aliphatic hydroxyl groups excluding tert-OH is 2. The number of ether oxygens (including phenoxy) is 1. The number of nitrogens with one attached hydrogen (secondary N) is 2. The van der Waals surface area contributed by atoms with Gasteiger partial charge in [-0.1, -0.05) is 12.1 Å². The standard InChI is InChI=1S/C17H19FN6O6S/c18-10-3-1-9(2-4-10)5-19-15-12-16(21-7-20-15)24(8-22-12)17-14(26)13(25)11(30-17)6-23-31(27,28)29/h1-4,7-8,11,13-14,17,23,25-26H,5-6H2,(H,19,20,21)(H,27,28,29)/t11-,13-,14-,17-/m1/s1. The number of halogens is 1. The van der Waals surface area contributed by atoms with Crippen molar-refractivity contribution in [3.8, 4) is 0 Å². The van der Waals surface area contributed by atoms with Crippen molar-refractivity contribution in [3.63, 3.8) is 0 Å². The van der Waals surface area contributed by atoms with Crippen molar-refractivity contribution in [3.05, 3.63) is 48.3 Å². The highest BCUT2D eigenvalue weighted by Gasteiger charge is 2.44. The number of aromatic nitrogens is 4. The Hall–Kier alpha value is -2.75. The average Bonchev–Trinajstić information content (AvgIpc) is 3.27. The van der Waals surface area contributed by atoms with E-state index in [0.29, 0.717) is 23.5 Å². The van der Waals surface area contributed by atoms with E-state index in [9.17, 15) is 23.0 Å². The van der Waals surface area contributed by atoms with Crippen LogP contribution in [0.5, 0.6) is 0 Å². The quantitative estimate of drug-likeness (QED) is 0.296. The molecular weight excluding hydrogens is 435 g/mol. The van der Waals surface area contributed by atoms with Gasteiger partial charge in [0.15, 0.2) is 23.2 Å². The molecule has 1 saturated heterocycles. The minimum atomic E-state index is -4.49. The predicted molar refractivity (Wildman–Crippen MR) is 105 cm³/mol. The van der Waals surface area contributed by atoms with Crippen LogP contribution in [0.2, 0.25) is 0 Å². The summed E-state index contributed by atoms with van der Waals surface area (Å²) in [6.45, 7) is -0.0937. The lowest BCUT2D eigenvalue weighted by atomic mass is 10.1. The zero-order valence-electron chi connectivity index (χ0n) is 15.8. The van der Waals surface area contributed by atoms with Gasteiger partial charge in [-0.15, -0.1) is 0 Å². The molecule has 0 spiro atoms. The van der Waals surface area contributed by atoms with Gasteiger partial charge in [-0.25, -0.2) is 19.3 Å². The largest absolute Gasteiger partial charge is 0.387 e. The first-order valence-corrected chi connectivity index (χ1v) is 10.6. The predicted octanol–water partition coefficient (Wildman–Crippen LogP) is -0.411. The molecular formula is C17H19FN6O6S. The molecule has 0 radical (unpaired) electrons. The number of nitrogens with zero attached hydrogens (tertiary/aromatic N) is 4. The molecule has 1 fully saturated rings. The molecule has 3 aromatic rings. The fourth-order valence-corrected chi connectivity index (χ4v) is 3.65. The summed E-state index contributed by atoms with van der Waals surface area (Å²) in [5, 5.41) is 23.6. The lowest BCUT2D eigenvalue weighted by Crippen LogP contribution is -2.39. The minimum Gasteiger partial charge on any atom is -0.387 e. The number of aliphatic hydroxyl groups is 2. The van der Waals surface area contributed by atoms with Crippen LogP contribution >= 0.6 is 0 Å². The summed E-state index contributed by atoms with van der Waals surface area (Å²) >= 11 is 0. The summed E-state index contributed by atoms with van der Waals surface area (Å²) in [5.41, 5.74) is 1.49. The zero-order valence-corrected chi connectivity index (χ0v) is 16.6. The van der Waals surface area contributed by atoms with Crippen LogP contribution in [-0.2, 0) is 21.6 Å². The summed E-state index contributed by atoms with van der Waals surface area (Å²) in [4.78, 5) is 12.6. The van der Waals surface area contributed by atoms with Crippen LogP contribution < -0.4 is 10.0 Å².